The van der Waals surface area contributed by atoms with Crippen LogP contribution in [-0.4, -0.2) is 24.1 Å². The fraction of sp³-hybridized carbons (Fsp3) is 0.333. The molecule has 3 aromatic heterocycles. The van der Waals surface area contributed by atoms with Crippen LogP contribution in [0.1, 0.15) is 50.2 Å². The van der Waals surface area contributed by atoms with Gasteiger partial charge in [0, 0.05) is 6.54 Å². The molecule has 0 spiro atoms. The van der Waals surface area contributed by atoms with E-state index in [9.17, 15) is 4.79 Å². The molecule has 3 heterocycles. The van der Waals surface area contributed by atoms with Crippen molar-refractivity contribution in [2.75, 3.05) is 0 Å². The Balaban J connectivity index is 1.65. The van der Waals surface area contributed by atoms with Crippen LogP contribution < -0.4 is 5.56 Å². The zero-order valence-electron chi connectivity index (χ0n) is 19.3. The molecule has 168 valence electrons. The molecule has 2 aromatic carbocycles. The molecular formula is C27H29N5O. The molecular weight excluding hydrogens is 410 g/mol. The van der Waals surface area contributed by atoms with Gasteiger partial charge in [-0.05, 0) is 31.0 Å². The summed E-state index contributed by atoms with van der Waals surface area (Å²) in [6, 6.07) is 16.2. The Labute approximate surface area is 192 Å². The van der Waals surface area contributed by atoms with Gasteiger partial charge in [0.1, 0.15) is 10.9 Å². The monoisotopic (exact) mass is 439 g/mol. The molecule has 0 fully saturated rings. The maximum absolute atomic E-state index is 13.6. The van der Waals surface area contributed by atoms with Crippen LogP contribution in [0, 0.1) is 6.92 Å². The van der Waals surface area contributed by atoms with Gasteiger partial charge < -0.3 is 4.57 Å². The van der Waals surface area contributed by atoms with Crippen molar-refractivity contribution in [3.05, 3.63) is 76.3 Å². The lowest BCUT2D eigenvalue weighted by Gasteiger charge is -2.08. The van der Waals surface area contributed by atoms with E-state index < -0.39 is 0 Å². The molecule has 0 N–H and O–H groups in total. The fourth-order valence-electron chi connectivity index (χ4n) is 4.41. The van der Waals surface area contributed by atoms with Crippen molar-refractivity contribution in [1.29, 1.82) is 0 Å². The highest BCUT2D eigenvalue weighted by Crippen LogP contribution is 2.26. The number of unbranched alkanes of at least 4 members (excludes halogenated alkanes) is 4. The number of rotatable bonds is 8. The quantitative estimate of drug-likeness (QED) is 0.294. The SMILES string of the molecule is CCCCCCCn1cnc2c(c1=O)c1nc3ccccc3nc1n2Cc1ccc(C)cc1. The Morgan fingerprint density at radius 2 is 1.58 bits per heavy atom. The number of nitrogens with zero attached hydrogens (tertiary/aromatic N) is 5. The van der Waals surface area contributed by atoms with Crippen molar-refractivity contribution < 1.29 is 0 Å². The van der Waals surface area contributed by atoms with Crippen molar-refractivity contribution >= 4 is 33.2 Å². The van der Waals surface area contributed by atoms with E-state index in [4.69, 9.17) is 15.0 Å². The molecule has 0 radical (unpaired) electrons. The zero-order chi connectivity index (χ0) is 22.8. The average molecular weight is 440 g/mol. The van der Waals surface area contributed by atoms with Gasteiger partial charge in [0.2, 0.25) is 0 Å². The normalized spacial score (nSPS) is 11.7. The topological polar surface area (TPSA) is 65.6 Å². The van der Waals surface area contributed by atoms with Crippen LogP contribution in [-0.2, 0) is 13.1 Å². The maximum Gasteiger partial charge on any atom is 0.265 e. The highest BCUT2D eigenvalue weighted by molar-refractivity contribution is 6.04. The predicted octanol–water partition coefficient (Wildman–Crippen LogP) is 5.62. The number of hydrogen-bond donors (Lipinski definition) is 0. The summed E-state index contributed by atoms with van der Waals surface area (Å²) in [5, 5.41) is 0.562. The molecule has 33 heavy (non-hydrogen) atoms. The van der Waals surface area contributed by atoms with E-state index in [1.807, 2.05) is 28.8 Å². The van der Waals surface area contributed by atoms with Gasteiger partial charge in [-0.2, -0.15) is 0 Å². The van der Waals surface area contributed by atoms with E-state index >= 15 is 0 Å². The van der Waals surface area contributed by atoms with Crippen LogP contribution in [0.5, 0.6) is 0 Å². The molecule has 0 amide bonds. The summed E-state index contributed by atoms with van der Waals surface area (Å²) in [6.07, 6.45) is 7.44. The highest BCUT2D eigenvalue weighted by atomic mass is 16.1. The first-order valence-electron chi connectivity index (χ1n) is 11.9. The molecule has 6 heteroatoms. The van der Waals surface area contributed by atoms with Gasteiger partial charge in [0.15, 0.2) is 11.3 Å². The molecule has 0 saturated heterocycles. The van der Waals surface area contributed by atoms with Crippen LogP contribution in [0.15, 0.2) is 59.7 Å². The zero-order valence-corrected chi connectivity index (χ0v) is 19.3. The molecule has 0 aliphatic rings. The van der Waals surface area contributed by atoms with Crippen molar-refractivity contribution in [2.24, 2.45) is 0 Å². The smallest absolute Gasteiger partial charge is 0.265 e. The first kappa shape index (κ1) is 21.3. The summed E-state index contributed by atoms with van der Waals surface area (Å²) in [5.74, 6) is 0. The molecule has 0 bridgehead atoms. The maximum atomic E-state index is 13.6. The summed E-state index contributed by atoms with van der Waals surface area (Å²) in [5.41, 5.74) is 5.90. The standard InChI is InChI=1S/C27H29N5O/c1-3-4-5-6-9-16-31-18-28-25-23(27(31)33)24-26(30-22-11-8-7-10-21(22)29-24)32(25)17-20-14-12-19(2)13-15-20/h7-8,10-15,18H,3-6,9,16-17H2,1-2H3. The number of benzene rings is 2. The van der Waals surface area contributed by atoms with Crippen LogP contribution >= 0.6 is 0 Å². The van der Waals surface area contributed by atoms with Gasteiger partial charge in [-0.15, -0.1) is 0 Å². The molecule has 0 aliphatic carbocycles. The van der Waals surface area contributed by atoms with Gasteiger partial charge >= 0.3 is 0 Å². The minimum absolute atomic E-state index is 0.0345. The lowest BCUT2D eigenvalue weighted by Crippen LogP contribution is -2.21. The minimum Gasteiger partial charge on any atom is -0.304 e. The van der Waals surface area contributed by atoms with Gasteiger partial charge in [-0.25, -0.2) is 15.0 Å². The Kier molecular flexibility index (Phi) is 5.90. The van der Waals surface area contributed by atoms with Crippen LogP contribution in [0.2, 0.25) is 0 Å². The number of aryl methyl sites for hydroxylation is 2. The first-order chi connectivity index (χ1) is 16.2. The van der Waals surface area contributed by atoms with E-state index in [-0.39, 0.29) is 5.56 Å². The largest absolute Gasteiger partial charge is 0.304 e. The molecule has 0 saturated carbocycles. The van der Waals surface area contributed by atoms with E-state index in [2.05, 4.69) is 38.1 Å². The second-order valence-corrected chi connectivity index (χ2v) is 8.81. The summed E-state index contributed by atoms with van der Waals surface area (Å²) in [7, 11) is 0. The van der Waals surface area contributed by atoms with Crippen molar-refractivity contribution in [3.8, 4) is 0 Å². The Hall–Kier alpha value is -3.54. The van der Waals surface area contributed by atoms with Crippen LogP contribution in [0.25, 0.3) is 33.2 Å². The second kappa shape index (κ2) is 9.14. The molecule has 0 aliphatic heterocycles. The van der Waals surface area contributed by atoms with E-state index in [0.29, 0.717) is 35.3 Å². The van der Waals surface area contributed by atoms with Gasteiger partial charge in [0.25, 0.3) is 5.56 Å². The number of para-hydroxylation sites is 2. The third-order valence-corrected chi connectivity index (χ3v) is 6.28. The highest BCUT2D eigenvalue weighted by Gasteiger charge is 2.20. The van der Waals surface area contributed by atoms with Gasteiger partial charge in [-0.3, -0.25) is 9.36 Å². The van der Waals surface area contributed by atoms with E-state index in [0.717, 1.165) is 29.4 Å². The Morgan fingerprint density at radius 3 is 2.33 bits per heavy atom. The third-order valence-electron chi connectivity index (χ3n) is 6.28. The predicted molar refractivity (Wildman–Crippen MR) is 134 cm³/mol. The van der Waals surface area contributed by atoms with Crippen molar-refractivity contribution in [2.45, 2.75) is 59.0 Å². The van der Waals surface area contributed by atoms with E-state index in [1.165, 1.54) is 24.8 Å². The summed E-state index contributed by atoms with van der Waals surface area (Å²) < 4.78 is 3.77. The van der Waals surface area contributed by atoms with Gasteiger partial charge in [-0.1, -0.05) is 74.6 Å². The molecule has 5 rings (SSSR count). The summed E-state index contributed by atoms with van der Waals surface area (Å²) in [4.78, 5) is 28.1. The summed E-state index contributed by atoms with van der Waals surface area (Å²) in [6.45, 7) is 5.55. The van der Waals surface area contributed by atoms with Crippen LogP contribution in [0.3, 0.4) is 0 Å². The summed E-state index contributed by atoms with van der Waals surface area (Å²) >= 11 is 0. The first-order valence-corrected chi connectivity index (χ1v) is 11.9. The van der Waals surface area contributed by atoms with Crippen molar-refractivity contribution in [1.82, 2.24) is 24.1 Å². The van der Waals surface area contributed by atoms with E-state index in [1.54, 1.807) is 10.9 Å². The minimum atomic E-state index is -0.0345. The second-order valence-electron chi connectivity index (χ2n) is 8.81. The van der Waals surface area contributed by atoms with Gasteiger partial charge in [0.05, 0.1) is 23.9 Å². The molecule has 6 nitrogen and oxygen atoms in total. The molecule has 0 unspecified atom stereocenters. The third kappa shape index (κ3) is 4.13. The molecule has 0 atom stereocenters. The lowest BCUT2D eigenvalue weighted by molar-refractivity contribution is 0.555. The number of hydrogen-bond acceptors (Lipinski definition) is 4. The van der Waals surface area contributed by atoms with Crippen LogP contribution in [0.4, 0.5) is 0 Å². The Morgan fingerprint density at radius 1 is 0.848 bits per heavy atom. The Bertz CT molecular complexity index is 1480. The van der Waals surface area contributed by atoms with Crippen molar-refractivity contribution in [3.63, 3.8) is 0 Å². The number of fused-ring (bicyclic) bond motifs is 4. The lowest BCUT2D eigenvalue weighted by atomic mass is 10.1. The number of aromatic nitrogens is 5. The average Bonchev–Trinajstić information content (AvgIpc) is 3.13. The fourth-order valence-corrected chi connectivity index (χ4v) is 4.41. The molecule has 5 aromatic rings.